The van der Waals surface area contributed by atoms with Gasteiger partial charge in [-0.05, 0) is 30.5 Å². The number of hydrogen-bond acceptors (Lipinski definition) is 4. The minimum Gasteiger partial charge on any atom is -0.327 e. The second-order valence-corrected chi connectivity index (χ2v) is 6.34. The van der Waals surface area contributed by atoms with Crippen molar-refractivity contribution in [1.82, 2.24) is 9.29 Å². The Bertz CT molecular complexity index is 461. The van der Waals surface area contributed by atoms with E-state index in [0.717, 1.165) is 18.4 Å². The minimum atomic E-state index is -3.24. The van der Waals surface area contributed by atoms with E-state index in [9.17, 15) is 8.42 Å². The lowest BCUT2D eigenvalue weighted by atomic mass is 10.1. The van der Waals surface area contributed by atoms with Gasteiger partial charge in [-0.15, -0.1) is 0 Å². The lowest BCUT2D eigenvalue weighted by Gasteiger charge is -2.29. The molecule has 1 unspecified atom stereocenters. The fourth-order valence-electron chi connectivity index (χ4n) is 2.01. The third-order valence-corrected chi connectivity index (χ3v) is 4.73. The van der Waals surface area contributed by atoms with Crippen LogP contribution in [0.3, 0.4) is 0 Å². The molecule has 2 N–H and O–H groups in total. The monoisotopic (exact) mass is 255 g/mol. The molecule has 2 rings (SSSR count). The molecule has 0 radical (unpaired) electrons. The van der Waals surface area contributed by atoms with E-state index in [1.807, 2.05) is 0 Å². The van der Waals surface area contributed by atoms with Gasteiger partial charge in [0.2, 0.25) is 10.0 Å². The number of rotatable bonds is 3. The Morgan fingerprint density at radius 1 is 1.41 bits per heavy atom. The molecule has 0 aromatic carbocycles. The maximum atomic E-state index is 12.2. The molecule has 17 heavy (non-hydrogen) atoms. The molecule has 1 aromatic heterocycles. The quantitative estimate of drug-likeness (QED) is 0.844. The first kappa shape index (κ1) is 12.5. The van der Waals surface area contributed by atoms with Crippen LogP contribution in [0.4, 0.5) is 0 Å². The Balaban J connectivity index is 2.08. The van der Waals surface area contributed by atoms with E-state index in [1.54, 1.807) is 24.5 Å². The largest absolute Gasteiger partial charge is 0.327 e. The molecule has 1 aliphatic rings. The molecule has 1 aliphatic heterocycles. The molecule has 1 fully saturated rings. The number of pyridine rings is 1. The van der Waals surface area contributed by atoms with Gasteiger partial charge < -0.3 is 5.73 Å². The zero-order valence-corrected chi connectivity index (χ0v) is 10.4. The first-order chi connectivity index (χ1) is 8.08. The van der Waals surface area contributed by atoms with Gasteiger partial charge in [0.05, 0.1) is 5.75 Å². The van der Waals surface area contributed by atoms with Crippen LogP contribution in [-0.4, -0.2) is 36.8 Å². The van der Waals surface area contributed by atoms with Crippen LogP contribution in [0.15, 0.2) is 24.5 Å². The van der Waals surface area contributed by atoms with Crippen LogP contribution in [-0.2, 0) is 15.8 Å². The molecule has 0 spiro atoms. The first-order valence-electron chi connectivity index (χ1n) is 5.70. The van der Waals surface area contributed by atoms with Crippen LogP contribution in [0.5, 0.6) is 0 Å². The Hall–Kier alpha value is -0.980. The lowest BCUT2D eigenvalue weighted by Crippen LogP contribution is -2.46. The summed E-state index contributed by atoms with van der Waals surface area (Å²) in [5.41, 5.74) is 6.56. The molecular formula is C11H17N3O2S. The van der Waals surface area contributed by atoms with Gasteiger partial charge in [0, 0.05) is 31.5 Å². The normalized spacial score (nSPS) is 22.5. The highest BCUT2D eigenvalue weighted by atomic mass is 32.2. The zero-order chi connectivity index (χ0) is 12.3. The first-order valence-corrected chi connectivity index (χ1v) is 7.31. The summed E-state index contributed by atoms with van der Waals surface area (Å²) in [5, 5.41) is 0. The number of piperidine rings is 1. The highest BCUT2D eigenvalue weighted by Crippen LogP contribution is 2.16. The Kier molecular flexibility index (Phi) is 3.76. The van der Waals surface area contributed by atoms with E-state index in [2.05, 4.69) is 4.98 Å². The Morgan fingerprint density at radius 2 is 2.12 bits per heavy atom. The summed E-state index contributed by atoms with van der Waals surface area (Å²) in [6.45, 7) is 1.02. The predicted octanol–water partition coefficient (Wildman–Crippen LogP) is 0.334. The van der Waals surface area contributed by atoms with Crippen molar-refractivity contribution in [3.8, 4) is 0 Å². The summed E-state index contributed by atoms with van der Waals surface area (Å²) in [6, 6.07) is 3.42. The highest BCUT2D eigenvalue weighted by molar-refractivity contribution is 7.88. The van der Waals surface area contributed by atoms with Crippen molar-refractivity contribution in [3.05, 3.63) is 30.1 Å². The van der Waals surface area contributed by atoms with Crippen molar-refractivity contribution in [3.63, 3.8) is 0 Å². The van der Waals surface area contributed by atoms with Gasteiger partial charge in [-0.2, -0.15) is 0 Å². The van der Waals surface area contributed by atoms with Crippen molar-refractivity contribution in [1.29, 1.82) is 0 Å². The molecule has 0 bridgehead atoms. The van der Waals surface area contributed by atoms with Crippen molar-refractivity contribution >= 4 is 10.0 Å². The zero-order valence-electron chi connectivity index (χ0n) is 9.62. The molecular weight excluding hydrogens is 238 g/mol. The van der Waals surface area contributed by atoms with Crippen LogP contribution in [0.2, 0.25) is 0 Å². The third kappa shape index (κ3) is 3.24. The average Bonchev–Trinajstić information content (AvgIpc) is 2.30. The molecule has 0 amide bonds. The maximum Gasteiger partial charge on any atom is 0.218 e. The summed E-state index contributed by atoms with van der Waals surface area (Å²) in [4.78, 5) is 3.87. The van der Waals surface area contributed by atoms with Crippen LogP contribution < -0.4 is 5.73 Å². The topological polar surface area (TPSA) is 76.3 Å². The lowest BCUT2D eigenvalue weighted by molar-refractivity contribution is 0.316. The fourth-order valence-corrected chi connectivity index (χ4v) is 3.63. The summed E-state index contributed by atoms with van der Waals surface area (Å²) in [6.07, 6.45) is 4.96. The Morgan fingerprint density at radius 3 is 2.76 bits per heavy atom. The summed E-state index contributed by atoms with van der Waals surface area (Å²) in [5.74, 6) is 0.0300. The molecule has 0 saturated carbocycles. The third-order valence-electron chi connectivity index (χ3n) is 2.91. The van der Waals surface area contributed by atoms with Gasteiger partial charge in [-0.3, -0.25) is 4.98 Å². The van der Waals surface area contributed by atoms with E-state index in [4.69, 9.17) is 5.73 Å². The van der Waals surface area contributed by atoms with Crippen LogP contribution in [0.25, 0.3) is 0 Å². The molecule has 1 saturated heterocycles. The number of sulfonamides is 1. The average molecular weight is 255 g/mol. The number of nitrogens with zero attached hydrogens (tertiary/aromatic N) is 2. The molecule has 1 aromatic rings. The smallest absolute Gasteiger partial charge is 0.218 e. The van der Waals surface area contributed by atoms with Gasteiger partial charge in [0.1, 0.15) is 0 Å². The number of nitrogens with two attached hydrogens (primary N) is 1. The second kappa shape index (κ2) is 5.12. The SMILES string of the molecule is NC1CCCN(S(=O)(=O)Cc2ccncc2)C1. The van der Waals surface area contributed by atoms with E-state index in [-0.39, 0.29) is 11.8 Å². The van der Waals surface area contributed by atoms with Gasteiger partial charge in [-0.25, -0.2) is 12.7 Å². The Labute approximate surface area is 102 Å². The van der Waals surface area contributed by atoms with E-state index in [1.165, 1.54) is 4.31 Å². The predicted molar refractivity (Wildman–Crippen MR) is 65.6 cm³/mol. The van der Waals surface area contributed by atoms with Crippen LogP contribution >= 0.6 is 0 Å². The minimum absolute atomic E-state index is 0.0300. The van der Waals surface area contributed by atoms with Gasteiger partial charge in [-0.1, -0.05) is 0 Å². The highest BCUT2D eigenvalue weighted by Gasteiger charge is 2.27. The number of aromatic nitrogens is 1. The molecule has 5 nitrogen and oxygen atoms in total. The van der Waals surface area contributed by atoms with E-state index < -0.39 is 10.0 Å². The van der Waals surface area contributed by atoms with Gasteiger partial charge >= 0.3 is 0 Å². The van der Waals surface area contributed by atoms with Crippen molar-refractivity contribution in [2.24, 2.45) is 5.73 Å². The van der Waals surface area contributed by atoms with Gasteiger partial charge in [0.25, 0.3) is 0 Å². The summed E-state index contributed by atoms with van der Waals surface area (Å²) in [7, 11) is -3.24. The van der Waals surface area contributed by atoms with E-state index >= 15 is 0 Å². The molecule has 94 valence electrons. The molecule has 1 atom stereocenters. The van der Waals surface area contributed by atoms with Crippen molar-refractivity contribution in [2.45, 2.75) is 24.6 Å². The standard InChI is InChI=1S/C11H17N3O2S/c12-11-2-1-7-14(8-11)17(15,16)9-10-3-5-13-6-4-10/h3-6,11H,1-2,7-9,12H2. The fraction of sp³-hybridized carbons (Fsp3) is 0.545. The van der Waals surface area contributed by atoms with Crippen LogP contribution in [0.1, 0.15) is 18.4 Å². The van der Waals surface area contributed by atoms with E-state index in [0.29, 0.717) is 13.1 Å². The number of hydrogen-bond donors (Lipinski definition) is 1. The molecule has 6 heteroatoms. The summed E-state index contributed by atoms with van der Waals surface area (Å²) >= 11 is 0. The second-order valence-electron chi connectivity index (χ2n) is 4.37. The van der Waals surface area contributed by atoms with Gasteiger partial charge in [0.15, 0.2) is 0 Å². The maximum absolute atomic E-state index is 12.2. The summed E-state index contributed by atoms with van der Waals surface area (Å²) < 4.78 is 25.8. The molecule has 2 heterocycles. The molecule has 0 aliphatic carbocycles. The van der Waals surface area contributed by atoms with Crippen molar-refractivity contribution < 1.29 is 8.42 Å². The van der Waals surface area contributed by atoms with Crippen LogP contribution in [0, 0.1) is 0 Å². The van der Waals surface area contributed by atoms with Crippen molar-refractivity contribution in [2.75, 3.05) is 13.1 Å².